The Balaban J connectivity index is 1.41. The fraction of sp³-hybridized carbons (Fsp3) is 0.192. The molecule has 0 unspecified atom stereocenters. The Hall–Kier alpha value is -4.42. The van der Waals surface area contributed by atoms with Crippen LogP contribution in [0.25, 0.3) is 21.8 Å². The van der Waals surface area contributed by atoms with E-state index in [2.05, 4.69) is 32.0 Å². The largest absolute Gasteiger partial charge is 0.383 e. The second-order valence-corrected chi connectivity index (χ2v) is 8.79. The third kappa shape index (κ3) is 4.34. The van der Waals surface area contributed by atoms with Crippen molar-refractivity contribution in [2.45, 2.75) is 13.5 Å². The number of halogens is 1. The molecule has 0 bridgehead atoms. The zero-order valence-corrected chi connectivity index (χ0v) is 20.8. The molecule has 2 N–H and O–H groups in total. The van der Waals surface area contributed by atoms with Gasteiger partial charge in [0.05, 0.1) is 57.2 Å². The molecule has 10 heteroatoms. The third-order valence-corrected chi connectivity index (χ3v) is 6.24. The lowest BCUT2D eigenvalue weighted by atomic mass is 10.1. The van der Waals surface area contributed by atoms with Gasteiger partial charge < -0.3 is 10.6 Å². The Morgan fingerprint density at radius 3 is 2.58 bits per heavy atom. The van der Waals surface area contributed by atoms with E-state index in [-0.39, 0.29) is 5.91 Å². The second-order valence-electron chi connectivity index (χ2n) is 8.39. The molecule has 180 valence electrons. The molecule has 4 heterocycles. The first-order chi connectivity index (χ1) is 17.3. The number of fused-ring (bicyclic) bond motifs is 3. The molecule has 0 aliphatic carbocycles. The van der Waals surface area contributed by atoms with Crippen LogP contribution in [0, 0.1) is 11.8 Å². The van der Waals surface area contributed by atoms with E-state index in [1.807, 2.05) is 39.3 Å². The van der Waals surface area contributed by atoms with E-state index in [9.17, 15) is 4.79 Å². The highest BCUT2D eigenvalue weighted by molar-refractivity contribution is 6.35. The summed E-state index contributed by atoms with van der Waals surface area (Å²) in [5.41, 5.74) is 10.3. The summed E-state index contributed by atoms with van der Waals surface area (Å²) in [6.07, 6.45) is 6.93. The number of benzene rings is 1. The van der Waals surface area contributed by atoms with E-state index in [1.54, 1.807) is 45.0 Å². The molecular formula is C26H23ClN8O. The topological polar surface area (TPSA) is 108 Å². The highest BCUT2D eigenvalue weighted by Crippen LogP contribution is 2.32. The smallest absolute Gasteiger partial charge is 0.255 e. The number of nitrogen functional groups attached to an aromatic ring is 1. The van der Waals surface area contributed by atoms with Gasteiger partial charge in [0.25, 0.3) is 5.91 Å². The average Bonchev–Trinajstić information content (AvgIpc) is 3.47. The van der Waals surface area contributed by atoms with E-state index in [0.29, 0.717) is 35.0 Å². The number of aromatic nitrogens is 6. The van der Waals surface area contributed by atoms with Crippen LogP contribution in [0.3, 0.4) is 0 Å². The maximum atomic E-state index is 13.5. The summed E-state index contributed by atoms with van der Waals surface area (Å²) in [7, 11) is 3.67. The van der Waals surface area contributed by atoms with E-state index in [1.165, 1.54) is 0 Å². The highest BCUT2D eigenvalue weighted by atomic mass is 35.5. The minimum absolute atomic E-state index is 0.196. The maximum Gasteiger partial charge on any atom is 0.255 e. The van der Waals surface area contributed by atoms with E-state index in [0.717, 1.165) is 33.1 Å². The van der Waals surface area contributed by atoms with Gasteiger partial charge in [0.2, 0.25) is 0 Å². The summed E-state index contributed by atoms with van der Waals surface area (Å²) in [5, 5.41) is 10.2. The Bertz CT molecular complexity index is 1670. The molecule has 36 heavy (non-hydrogen) atoms. The first-order valence-electron chi connectivity index (χ1n) is 11.3. The fourth-order valence-corrected chi connectivity index (χ4v) is 4.30. The lowest BCUT2D eigenvalue weighted by Gasteiger charge is -2.21. The summed E-state index contributed by atoms with van der Waals surface area (Å²) in [6.45, 7) is 2.74. The van der Waals surface area contributed by atoms with Gasteiger partial charge in [0.1, 0.15) is 5.82 Å². The van der Waals surface area contributed by atoms with E-state index in [4.69, 9.17) is 17.3 Å². The quantitative estimate of drug-likeness (QED) is 0.380. The van der Waals surface area contributed by atoms with Crippen molar-refractivity contribution in [1.82, 2.24) is 34.4 Å². The molecule has 1 aromatic carbocycles. The van der Waals surface area contributed by atoms with Crippen LogP contribution in [0.2, 0.25) is 5.02 Å². The van der Waals surface area contributed by atoms with Crippen LogP contribution in [0.4, 0.5) is 5.82 Å². The molecule has 1 amide bonds. The number of hydrogen-bond donors (Lipinski definition) is 1. The van der Waals surface area contributed by atoms with Crippen molar-refractivity contribution in [3.8, 4) is 11.8 Å². The SMILES string of the molecule is CCN(Cc1ccc(C#Cc2cnn(C)c2)cn1)C(=O)c1cc2c(cc1Cl)nc(N)c1cnn(C)c12. The summed E-state index contributed by atoms with van der Waals surface area (Å²) < 4.78 is 3.42. The number of aryl methyl sites for hydroxylation is 2. The minimum atomic E-state index is -0.196. The van der Waals surface area contributed by atoms with Gasteiger partial charge in [-0.15, -0.1) is 0 Å². The number of nitrogens with two attached hydrogens (primary N) is 1. The van der Waals surface area contributed by atoms with Crippen molar-refractivity contribution in [1.29, 1.82) is 0 Å². The van der Waals surface area contributed by atoms with Gasteiger partial charge in [-0.2, -0.15) is 10.2 Å². The number of amides is 1. The fourth-order valence-electron chi connectivity index (χ4n) is 4.06. The predicted molar refractivity (Wildman–Crippen MR) is 139 cm³/mol. The van der Waals surface area contributed by atoms with Crippen LogP contribution >= 0.6 is 11.6 Å². The molecule has 0 saturated carbocycles. The summed E-state index contributed by atoms with van der Waals surface area (Å²) in [4.78, 5) is 24.2. The number of pyridine rings is 2. The molecule has 0 aliphatic heterocycles. The number of carbonyl (C=O) groups excluding carboxylic acids is 1. The van der Waals surface area contributed by atoms with Gasteiger partial charge in [0, 0.05) is 44.0 Å². The number of hydrogen-bond acceptors (Lipinski definition) is 6. The Morgan fingerprint density at radius 2 is 1.89 bits per heavy atom. The van der Waals surface area contributed by atoms with Crippen LogP contribution in [-0.4, -0.2) is 46.9 Å². The molecule has 4 aromatic heterocycles. The van der Waals surface area contributed by atoms with Crippen molar-refractivity contribution < 1.29 is 4.79 Å². The molecule has 0 fully saturated rings. The second kappa shape index (κ2) is 9.32. The maximum absolute atomic E-state index is 13.5. The lowest BCUT2D eigenvalue weighted by molar-refractivity contribution is 0.0751. The zero-order valence-electron chi connectivity index (χ0n) is 20.0. The molecule has 9 nitrogen and oxygen atoms in total. The molecule has 5 rings (SSSR count). The Labute approximate surface area is 212 Å². The molecule has 5 aromatic rings. The van der Waals surface area contributed by atoms with Crippen LogP contribution in [0.15, 0.2) is 49.1 Å². The van der Waals surface area contributed by atoms with Crippen LogP contribution in [0.5, 0.6) is 0 Å². The van der Waals surface area contributed by atoms with E-state index < -0.39 is 0 Å². The van der Waals surface area contributed by atoms with Gasteiger partial charge in [-0.25, -0.2) is 4.98 Å². The Kier molecular flexibility index (Phi) is 6.04. The summed E-state index contributed by atoms with van der Waals surface area (Å²) in [6, 6.07) is 7.21. The zero-order chi connectivity index (χ0) is 25.4. The molecule has 0 aliphatic rings. The van der Waals surface area contributed by atoms with Gasteiger partial charge >= 0.3 is 0 Å². The monoisotopic (exact) mass is 498 g/mol. The molecule has 0 spiro atoms. The van der Waals surface area contributed by atoms with Crippen molar-refractivity contribution in [2.24, 2.45) is 14.1 Å². The number of anilines is 1. The van der Waals surface area contributed by atoms with Crippen molar-refractivity contribution in [3.63, 3.8) is 0 Å². The summed E-state index contributed by atoms with van der Waals surface area (Å²) in [5.74, 6) is 6.31. The predicted octanol–water partition coefficient (Wildman–Crippen LogP) is 3.55. The van der Waals surface area contributed by atoms with Crippen LogP contribution < -0.4 is 5.73 Å². The molecule has 0 atom stereocenters. The Morgan fingerprint density at radius 1 is 1.08 bits per heavy atom. The normalized spacial score (nSPS) is 11.0. The average molecular weight is 499 g/mol. The van der Waals surface area contributed by atoms with Crippen molar-refractivity contribution in [2.75, 3.05) is 12.3 Å². The van der Waals surface area contributed by atoms with Gasteiger partial charge in [-0.05, 0) is 31.2 Å². The standard InChI is InChI=1S/C26H23ClN8O/c1-4-35(15-18-8-7-16(11-29-18)5-6-17-12-30-33(2)14-17)26(36)19-9-20-23(10-22(19)27)32-25(28)21-13-31-34(3)24(20)21/h7-14H,4,15H2,1-3H3,(H2,28,32). The van der Waals surface area contributed by atoms with E-state index >= 15 is 0 Å². The summed E-state index contributed by atoms with van der Waals surface area (Å²) >= 11 is 6.54. The molecular weight excluding hydrogens is 476 g/mol. The lowest BCUT2D eigenvalue weighted by Crippen LogP contribution is -2.31. The number of rotatable bonds is 4. The number of nitrogens with zero attached hydrogens (tertiary/aromatic N) is 7. The van der Waals surface area contributed by atoms with Crippen molar-refractivity contribution in [3.05, 3.63) is 76.5 Å². The molecule has 0 saturated heterocycles. The van der Waals surface area contributed by atoms with Gasteiger partial charge in [0.15, 0.2) is 0 Å². The molecule has 0 radical (unpaired) electrons. The number of carbonyl (C=O) groups is 1. The third-order valence-electron chi connectivity index (χ3n) is 5.93. The highest BCUT2D eigenvalue weighted by Gasteiger charge is 2.21. The first kappa shape index (κ1) is 23.3. The van der Waals surface area contributed by atoms with Gasteiger partial charge in [-0.3, -0.25) is 19.1 Å². The van der Waals surface area contributed by atoms with Gasteiger partial charge in [-0.1, -0.05) is 23.4 Å². The first-order valence-corrected chi connectivity index (χ1v) is 11.7. The van der Waals surface area contributed by atoms with Crippen LogP contribution in [-0.2, 0) is 20.6 Å². The minimum Gasteiger partial charge on any atom is -0.383 e. The van der Waals surface area contributed by atoms with Crippen LogP contribution in [0.1, 0.15) is 34.1 Å². The van der Waals surface area contributed by atoms with Crippen molar-refractivity contribution >= 4 is 45.1 Å².